The van der Waals surface area contributed by atoms with Crippen molar-refractivity contribution in [3.05, 3.63) is 36.0 Å². The summed E-state index contributed by atoms with van der Waals surface area (Å²) in [5.41, 5.74) is 2.39. The fourth-order valence-electron chi connectivity index (χ4n) is 4.10. The first-order chi connectivity index (χ1) is 12.3. The number of aromatic nitrogens is 1. The van der Waals surface area contributed by atoms with Crippen molar-refractivity contribution in [2.75, 3.05) is 39.4 Å². The highest BCUT2D eigenvalue weighted by Gasteiger charge is 2.26. The largest absolute Gasteiger partial charge is 0.380 e. The Balaban J connectivity index is 1.32. The summed E-state index contributed by atoms with van der Waals surface area (Å²) in [5, 5.41) is 1.23. The lowest BCUT2D eigenvalue weighted by atomic mass is 10.1. The van der Waals surface area contributed by atoms with Crippen molar-refractivity contribution in [2.45, 2.75) is 31.7 Å². The van der Waals surface area contributed by atoms with Crippen LogP contribution in [0.25, 0.3) is 10.9 Å². The lowest BCUT2D eigenvalue weighted by Crippen LogP contribution is -2.39. The van der Waals surface area contributed by atoms with Gasteiger partial charge in [-0.05, 0) is 30.9 Å². The maximum absolute atomic E-state index is 12.7. The number of amides is 1. The minimum Gasteiger partial charge on any atom is -0.380 e. The lowest BCUT2D eigenvalue weighted by molar-refractivity contribution is -0.131. The van der Waals surface area contributed by atoms with E-state index < -0.39 is 0 Å². The van der Waals surface area contributed by atoms with Crippen LogP contribution in [0, 0.1) is 0 Å². The van der Waals surface area contributed by atoms with Gasteiger partial charge in [0, 0.05) is 62.3 Å². The number of aromatic amines is 1. The molecule has 2 aliphatic rings. The van der Waals surface area contributed by atoms with Gasteiger partial charge in [0.2, 0.25) is 5.91 Å². The zero-order valence-electron chi connectivity index (χ0n) is 14.7. The van der Waals surface area contributed by atoms with Gasteiger partial charge in [-0.2, -0.15) is 0 Å². The summed E-state index contributed by atoms with van der Waals surface area (Å²) < 4.78 is 5.52. The van der Waals surface area contributed by atoms with Gasteiger partial charge in [-0.3, -0.25) is 9.69 Å². The Bertz CT molecular complexity index is 721. The molecule has 1 atom stereocenters. The number of fused-ring (bicyclic) bond motifs is 1. The molecular formula is C20H27N3O2. The van der Waals surface area contributed by atoms with E-state index in [1.165, 1.54) is 10.9 Å². The summed E-state index contributed by atoms with van der Waals surface area (Å²) in [7, 11) is 0. The van der Waals surface area contributed by atoms with Gasteiger partial charge >= 0.3 is 0 Å². The summed E-state index contributed by atoms with van der Waals surface area (Å²) in [6.45, 7) is 5.54. The van der Waals surface area contributed by atoms with Crippen LogP contribution in [-0.4, -0.2) is 66.1 Å². The normalized spacial score (nSPS) is 22.4. The highest BCUT2D eigenvalue weighted by molar-refractivity contribution is 5.84. The zero-order valence-corrected chi connectivity index (χ0v) is 14.7. The van der Waals surface area contributed by atoms with Crippen LogP contribution in [0.2, 0.25) is 0 Å². The minimum absolute atomic E-state index is 0.287. The Kier molecular flexibility index (Phi) is 5.04. The zero-order chi connectivity index (χ0) is 17.1. The number of carbonyl (C=O) groups excluding carboxylic acids is 1. The second kappa shape index (κ2) is 7.58. The third kappa shape index (κ3) is 3.72. The first kappa shape index (κ1) is 16.6. The molecule has 134 valence electrons. The van der Waals surface area contributed by atoms with Crippen LogP contribution >= 0.6 is 0 Å². The smallest absolute Gasteiger partial charge is 0.222 e. The van der Waals surface area contributed by atoms with Crippen LogP contribution in [0.3, 0.4) is 0 Å². The highest BCUT2D eigenvalue weighted by Crippen LogP contribution is 2.20. The van der Waals surface area contributed by atoms with E-state index in [0.29, 0.717) is 12.5 Å². The van der Waals surface area contributed by atoms with E-state index in [1.54, 1.807) is 0 Å². The van der Waals surface area contributed by atoms with Gasteiger partial charge in [0.25, 0.3) is 0 Å². The molecule has 2 aliphatic heterocycles. The topological polar surface area (TPSA) is 48.6 Å². The molecule has 2 aromatic rings. The molecule has 1 aromatic heterocycles. The van der Waals surface area contributed by atoms with Crippen LogP contribution in [0.1, 0.15) is 24.8 Å². The fraction of sp³-hybridized carbons (Fsp3) is 0.550. The number of benzene rings is 1. The predicted molar refractivity (Wildman–Crippen MR) is 98.6 cm³/mol. The van der Waals surface area contributed by atoms with E-state index >= 15 is 0 Å². The second-order valence-electron chi connectivity index (χ2n) is 7.15. The summed E-state index contributed by atoms with van der Waals surface area (Å²) >= 11 is 0. The van der Waals surface area contributed by atoms with Crippen LogP contribution < -0.4 is 0 Å². The molecule has 2 saturated heterocycles. The van der Waals surface area contributed by atoms with E-state index in [-0.39, 0.29) is 5.91 Å². The maximum Gasteiger partial charge on any atom is 0.222 e. The van der Waals surface area contributed by atoms with Gasteiger partial charge in [0.1, 0.15) is 0 Å². The van der Waals surface area contributed by atoms with E-state index in [2.05, 4.69) is 33.0 Å². The molecule has 3 heterocycles. The Morgan fingerprint density at radius 2 is 2.12 bits per heavy atom. The SMILES string of the molecule is O=C(CCc1c[nH]c2ccccc12)N1CCCN(C2CCOC2)CC1. The Labute approximate surface area is 148 Å². The molecule has 0 spiro atoms. The third-order valence-electron chi connectivity index (χ3n) is 5.59. The molecule has 4 rings (SSSR count). The van der Waals surface area contributed by atoms with Crippen LogP contribution in [-0.2, 0) is 16.0 Å². The van der Waals surface area contributed by atoms with E-state index in [1.807, 2.05) is 12.3 Å². The maximum atomic E-state index is 12.7. The van der Waals surface area contributed by atoms with Crippen molar-refractivity contribution in [3.8, 4) is 0 Å². The molecule has 1 aromatic carbocycles. The summed E-state index contributed by atoms with van der Waals surface area (Å²) in [6, 6.07) is 8.85. The molecule has 1 amide bonds. The first-order valence-electron chi connectivity index (χ1n) is 9.46. The van der Waals surface area contributed by atoms with Crippen molar-refractivity contribution >= 4 is 16.8 Å². The predicted octanol–water partition coefficient (Wildman–Crippen LogP) is 2.42. The lowest BCUT2D eigenvalue weighted by Gasteiger charge is -2.26. The van der Waals surface area contributed by atoms with Gasteiger partial charge < -0.3 is 14.6 Å². The number of H-pyrrole nitrogens is 1. The highest BCUT2D eigenvalue weighted by atomic mass is 16.5. The molecule has 0 saturated carbocycles. The Hall–Kier alpha value is -1.85. The molecule has 0 aliphatic carbocycles. The average molecular weight is 341 g/mol. The summed E-state index contributed by atoms with van der Waals surface area (Å²) in [5.74, 6) is 0.287. The molecule has 5 nitrogen and oxygen atoms in total. The van der Waals surface area contributed by atoms with Crippen LogP contribution in [0.15, 0.2) is 30.5 Å². The van der Waals surface area contributed by atoms with Gasteiger partial charge in [-0.25, -0.2) is 0 Å². The van der Waals surface area contributed by atoms with Gasteiger partial charge in [-0.1, -0.05) is 18.2 Å². The molecule has 0 bridgehead atoms. The summed E-state index contributed by atoms with van der Waals surface area (Å²) in [6.07, 6.45) is 5.64. The Morgan fingerprint density at radius 3 is 3.00 bits per heavy atom. The molecule has 2 fully saturated rings. The minimum atomic E-state index is 0.287. The van der Waals surface area contributed by atoms with E-state index in [4.69, 9.17) is 4.74 Å². The van der Waals surface area contributed by atoms with E-state index in [0.717, 1.165) is 64.2 Å². The van der Waals surface area contributed by atoms with Crippen molar-refractivity contribution in [3.63, 3.8) is 0 Å². The molecular weight excluding hydrogens is 314 g/mol. The van der Waals surface area contributed by atoms with Crippen molar-refractivity contribution < 1.29 is 9.53 Å². The molecule has 5 heteroatoms. The number of aryl methyl sites for hydroxylation is 1. The Morgan fingerprint density at radius 1 is 1.20 bits per heavy atom. The van der Waals surface area contributed by atoms with Crippen molar-refractivity contribution in [1.29, 1.82) is 0 Å². The number of rotatable bonds is 4. The first-order valence-corrected chi connectivity index (χ1v) is 9.46. The number of ether oxygens (including phenoxy) is 1. The van der Waals surface area contributed by atoms with Gasteiger partial charge in [-0.15, -0.1) is 0 Å². The quantitative estimate of drug-likeness (QED) is 0.929. The molecule has 25 heavy (non-hydrogen) atoms. The fourth-order valence-corrected chi connectivity index (χ4v) is 4.10. The monoisotopic (exact) mass is 341 g/mol. The average Bonchev–Trinajstić information content (AvgIpc) is 3.25. The number of para-hydroxylation sites is 1. The van der Waals surface area contributed by atoms with Crippen molar-refractivity contribution in [2.24, 2.45) is 0 Å². The van der Waals surface area contributed by atoms with Crippen LogP contribution in [0.5, 0.6) is 0 Å². The van der Waals surface area contributed by atoms with Gasteiger partial charge in [0.15, 0.2) is 0 Å². The van der Waals surface area contributed by atoms with Gasteiger partial charge in [0.05, 0.1) is 6.61 Å². The second-order valence-corrected chi connectivity index (χ2v) is 7.15. The molecule has 1 unspecified atom stereocenters. The van der Waals surface area contributed by atoms with Crippen molar-refractivity contribution in [1.82, 2.24) is 14.8 Å². The number of hydrogen-bond donors (Lipinski definition) is 1. The molecule has 0 radical (unpaired) electrons. The number of hydrogen-bond acceptors (Lipinski definition) is 3. The number of nitrogens with zero attached hydrogens (tertiary/aromatic N) is 2. The van der Waals surface area contributed by atoms with E-state index in [9.17, 15) is 4.79 Å². The molecule has 1 N–H and O–H groups in total. The number of carbonyl (C=O) groups is 1. The summed E-state index contributed by atoms with van der Waals surface area (Å²) in [4.78, 5) is 20.6. The van der Waals surface area contributed by atoms with Crippen LogP contribution in [0.4, 0.5) is 0 Å². The third-order valence-corrected chi connectivity index (χ3v) is 5.59. The standard InChI is InChI=1S/C20H27N3O2/c24-20(7-6-16-14-21-19-5-2-1-4-18(16)19)23-10-3-9-22(11-12-23)17-8-13-25-15-17/h1-2,4-5,14,17,21H,3,6-13,15H2. The number of nitrogens with one attached hydrogen (secondary N) is 1.